The average Bonchev–Trinajstić information content (AvgIpc) is 3.14. The molecule has 0 N–H and O–H groups in total. The standard InChI is InChI=1S/C41H25N5/c42-26-27-11-10-18-33(23-27)41-40(30-16-8-3-9-17-30)44-35-22-20-32(25-37(35)46-41)31-19-21-34-36(24-31)45-39(29-14-6-2-7-15-29)38(43-34)28-12-4-1-5-13-28/h1-25H. The molecule has 2 aromatic heterocycles. The van der Waals surface area contributed by atoms with Crippen molar-refractivity contribution in [1.29, 1.82) is 5.26 Å². The number of hydrogen-bond acceptors (Lipinski definition) is 5. The van der Waals surface area contributed by atoms with Crippen LogP contribution < -0.4 is 0 Å². The highest BCUT2D eigenvalue weighted by molar-refractivity contribution is 5.92. The van der Waals surface area contributed by atoms with Gasteiger partial charge in [0.25, 0.3) is 0 Å². The van der Waals surface area contributed by atoms with Crippen LogP contribution in [0.2, 0.25) is 0 Å². The SMILES string of the molecule is N#Cc1cccc(-c2nc3cc(-c4ccc5nc(-c6ccccc6)c(-c6ccccc6)nc5c4)ccc3nc2-c2ccccc2)c1. The third kappa shape index (κ3) is 5.04. The molecule has 5 nitrogen and oxygen atoms in total. The van der Waals surface area contributed by atoms with E-state index in [-0.39, 0.29) is 0 Å². The first-order valence-corrected chi connectivity index (χ1v) is 15.0. The molecule has 0 saturated heterocycles. The average molecular weight is 588 g/mol. The van der Waals surface area contributed by atoms with Gasteiger partial charge in [0.15, 0.2) is 0 Å². The molecule has 6 aromatic carbocycles. The summed E-state index contributed by atoms with van der Waals surface area (Å²) in [5.41, 5.74) is 12.9. The largest absolute Gasteiger partial charge is 0.244 e. The summed E-state index contributed by atoms with van der Waals surface area (Å²) in [4.78, 5) is 20.5. The van der Waals surface area contributed by atoms with Crippen LogP contribution in [0.25, 0.3) is 78.2 Å². The molecule has 0 aliphatic heterocycles. The molecule has 0 atom stereocenters. The van der Waals surface area contributed by atoms with Crippen molar-refractivity contribution in [2.45, 2.75) is 0 Å². The van der Waals surface area contributed by atoms with Crippen molar-refractivity contribution in [2.24, 2.45) is 0 Å². The highest BCUT2D eigenvalue weighted by Gasteiger charge is 2.16. The van der Waals surface area contributed by atoms with Gasteiger partial charge in [-0.25, -0.2) is 19.9 Å². The summed E-state index contributed by atoms with van der Waals surface area (Å²) in [5, 5.41) is 9.56. The molecule has 0 aliphatic carbocycles. The molecule has 214 valence electrons. The fourth-order valence-corrected chi connectivity index (χ4v) is 5.80. The minimum atomic E-state index is 0.578. The molecule has 0 saturated carbocycles. The number of rotatable bonds is 5. The van der Waals surface area contributed by atoms with Crippen LogP contribution in [0, 0.1) is 11.3 Å². The molecule has 0 unspecified atom stereocenters. The van der Waals surface area contributed by atoms with E-state index in [1.165, 1.54) is 0 Å². The number of aromatic nitrogens is 4. The second-order valence-electron chi connectivity index (χ2n) is 11.0. The molecular formula is C41H25N5. The summed E-state index contributed by atoms with van der Waals surface area (Å²) in [5.74, 6) is 0. The normalized spacial score (nSPS) is 11.0. The fourth-order valence-electron chi connectivity index (χ4n) is 5.80. The lowest BCUT2D eigenvalue weighted by molar-refractivity contribution is 1.29. The Bertz CT molecular complexity index is 2420. The van der Waals surface area contributed by atoms with Gasteiger partial charge in [0.2, 0.25) is 0 Å². The lowest BCUT2D eigenvalue weighted by atomic mass is 10.0. The van der Waals surface area contributed by atoms with Crippen molar-refractivity contribution in [1.82, 2.24) is 19.9 Å². The molecule has 8 aromatic rings. The Balaban J connectivity index is 1.27. The van der Waals surface area contributed by atoms with Crippen molar-refractivity contribution in [2.75, 3.05) is 0 Å². The van der Waals surface area contributed by atoms with E-state index in [2.05, 4.69) is 54.6 Å². The summed E-state index contributed by atoms with van der Waals surface area (Å²) in [7, 11) is 0. The molecule has 0 fully saturated rings. The van der Waals surface area contributed by atoms with Gasteiger partial charge < -0.3 is 0 Å². The highest BCUT2D eigenvalue weighted by atomic mass is 14.8. The Kier molecular flexibility index (Phi) is 6.79. The Hall–Kier alpha value is -6.51. The maximum atomic E-state index is 9.56. The first-order chi connectivity index (χ1) is 22.7. The van der Waals surface area contributed by atoms with Crippen LogP contribution in [0.3, 0.4) is 0 Å². The Morgan fingerprint density at radius 3 is 1.15 bits per heavy atom. The van der Waals surface area contributed by atoms with Gasteiger partial charge in [0, 0.05) is 22.3 Å². The van der Waals surface area contributed by atoms with Crippen molar-refractivity contribution >= 4 is 22.1 Å². The van der Waals surface area contributed by atoms with Gasteiger partial charge in [-0.15, -0.1) is 0 Å². The van der Waals surface area contributed by atoms with Crippen molar-refractivity contribution in [3.8, 4) is 62.2 Å². The Morgan fingerprint density at radius 2 is 0.717 bits per heavy atom. The van der Waals surface area contributed by atoms with Crippen LogP contribution in [-0.4, -0.2) is 19.9 Å². The molecule has 0 spiro atoms. The predicted octanol–water partition coefficient (Wildman–Crippen LogP) is 9.78. The Labute approximate surface area is 266 Å². The number of benzene rings is 6. The van der Waals surface area contributed by atoms with Crippen molar-refractivity contribution < 1.29 is 0 Å². The number of nitriles is 1. The monoisotopic (exact) mass is 587 g/mol. The molecule has 0 amide bonds. The summed E-state index contributed by atoms with van der Waals surface area (Å²) in [6.07, 6.45) is 0. The molecule has 2 heterocycles. The van der Waals surface area contributed by atoms with Crippen molar-refractivity contribution in [3.05, 3.63) is 157 Å². The van der Waals surface area contributed by atoms with Crippen LogP contribution in [0.4, 0.5) is 0 Å². The van der Waals surface area contributed by atoms with E-state index < -0.39 is 0 Å². The zero-order valence-corrected chi connectivity index (χ0v) is 24.7. The first kappa shape index (κ1) is 27.1. The minimum Gasteiger partial charge on any atom is -0.244 e. The zero-order chi connectivity index (χ0) is 30.9. The maximum absolute atomic E-state index is 9.56. The van der Waals surface area contributed by atoms with Crippen LogP contribution >= 0.6 is 0 Å². The lowest BCUT2D eigenvalue weighted by Crippen LogP contribution is -1.97. The number of nitrogens with zero attached hydrogens (tertiary/aromatic N) is 5. The van der Waals surface area contributed by atoms with Gasteiger partial charge in [-0.1, -0.05) is 115 Å². The fraction of sp³-hybridized carbons (Fsp3) is 0. The first-order valence-electron chi connectivity index (χ1n) is 15.0. The topological polar surface area (TPSA) is 75.3 Å². The zero-order valence-electron chi connectivity index (χ0n) is 24.7. The van der Waals surface area contributed by atoms with Gasteiger partial charge in [-0.05, 0) is 47.5 Å². The van der Waals surface area contributed by atoms with Crippen LogP contribution in [-0.2, 0) is 0 Å². The van der Waals surface area contributed by atoms with Crippen molar-refractivity contribution in [3.63, 3.8) is 0 Å². The molecular weight excluding hydrogens is 562 g/mol. The van der Waals surface area contributed by atoms with Gasteiger partial charge in [0.05, 0.1) is 56.5 Å². The molecule has 0 aliphatic rings. The molecule has 0 radical (unpaired) electrons. The molecule has 5 heteroatoms. The summed E-state index contributed by atoms with van der Waals surface area (Å²) in [6.45, 7) is 0. The van der Waals surface area contributed by atoms with Gasteiger partial charge in [-0.2, -0.15) is 5.26 Å². The van der Waals surface area contributed by atoms with E-state index in [0.29, 0.717) is 5.56 Å². The van der Waals surface area contributed by atoms with E-state index in [0.717, 1.165) is 78.2 Å². The van der Waals surface area contributed by atoms with Gasteiger partial charge in [-0.3, -0.25) is 0 Å². The molecule has 0 bridgehead atoms. The van der Waals surface area contributed by atoms with E-state index in [1.807, 2.05) is 97.1 Å². The minimum absolute atomic E-state index is 0.578. The van der Waals surface area contributed by atoms with Gasteiger partial charge in [0.1, 0.15) is 0 Å². The third-order valence-electron chi connectivity index (χ3n) is 8.07. The molecule has 46 heavy (non-hydrogen) atoms. The van der Waals surface area contributed by atoms with Crippen LogP contribution in [0.5, 0.6) is 0 Å². The smallest absolute Gasteiger partial charge is 0.0991 e. The number of hydrogen-bond donors (Lipinski definition) is 0. The van der Waals surface area contributed by atoms with E-state index in [9.17, 15) is 5.26 Å². The summed E-state index contributed by atoms with van der Waals surface area (Å²) < 4.78 is 0. The third-order valence-corrected chi connectivity index (χ3v) is 8.07. The van der Waals surface area contributed by atoms with Gasteiger partial charge >= 0.3 is 0 Å². The van der Waals surface area contributed by atoms with Crippen LogP contribution in [0.1, 0.15) is 5.56 Å². The van der Waals surface area contributed by atoms with E-state index in [4.69, 9.17) is 19.9 Å². The maximum Gasteiger partial charge on any atom is 0.0991 e. The lowest BCUT2D eigenvalue weighted by Gasteiger charge is -2.13. The summed E-state index contributed by atoms with van der Waals surface area (Å²) in [6, 6.07) is 52.6. The van der Waals surface area contributed by atoms with E-state index in [1.54, 1.807) is 6.07 Å². The highest BCUT2D eigenvalue weighted by Crippen LogP contribution is 2.35. The quantitative estimate of drug-likeness (QED) is 0.200. The predicted molar refractivity (Wildman–Crippen MR) is 185 cm³/mol. The molecule has 8 rings (SSSR count). The van der Waals surface area contributed by atoms with E-state index >= 15 is 0 Å². The Morgan fingerprint density at radius 1 is 0.326 bits per heavy atom. The second-order valence-corrected chi connectivity index (χ2v) is 11.0. The number of fused-ring (bicyclic) bond motifs is 2. The van der Waals surface area contributed by atoms with Crippen LogP contribution in [0.15, 0.2) is 152 Å². The summed E-state index contributed by atoms with van der Waals surface area (Å²) >= 11 is 0. The second kappa shape index (κ2) is 11.5.